The number of hydrogen-bond acceptors (Lipinski definition) is 3. The molecule has 0 unspecified atom stereocenters. The fourth-order valence-electron chi connectivity index (χ4n) is 3.00. The Balaban J connectivity index is 1.86. The van der Waals surface area contributed by atoms with Crippen molar-refractivity contribution in [3.8, 4) is 0 Å². The second-order valence-corrected chi connectivity index (χ2v) is 5.60. The molecule has 0 fully saturated rings. The monoisotopic (exact) mass is 305 g/mol. The molecule has 0 aliphatic carbocycles. The van der Waals surface area contributed by atoms with Crippen molar-refractivity contribution in [2.45, 2.75) is 12.5 Å². The highest BCUT2D eigenvalue weighted by Gasteiger charge is 2.50. The SMILES string of the molecule is CC1=NN(c2ccccc2)C(=O)[C@]1(O)c1c[nH]c2ccccc12. The number of rotatable bonds is 2. The van der Waals surface area contributed by atoms with Crippen LogP contribution in [0, 0.1) is 0 Å². The van der Waals surface area contributed by atoms with Gasteiger partial charge in [-0.1, -0.05) is 36.4 Å². The number of benzene rings is 2. The van der Waals surface area contributed by atoms with Crippen molar-refractivity contribution < 1.29 is 9.90 Å². The Bertz CT molecular complexity index is 930. The summed E-state index contributed by atoms with van der Waals surface area (Å²) in [7, 11) is 0. The van der Waals surface area contributed by atoms with E-state index in [9.17, 15) is 9.90 Å². The topological polar surface area (TPSA) is 68.7 Å². The molecule has 1 aliphatic rings. The summed E-state index contributed by atoms with van der Waals surface area (Å²) in [5.74, 6) is -0.467. The highest BCUT2D eigenvalue weighted by Crippen LogP contribution is 2.37. The van der Waals surface area contributed by atoms with Gasteiger partial charge in [0.15, 0.2) is 0 Å². The number of carbonyl (C=O) groups excluding carboxylic acids is 1. The largest absolute Gasteiger partial charge is 0.371 e. The number of H-pyrrole nitrogens is 1. The van der Waals surface area contributed by atoms with Gasteiger partial charge in [0.1, 0.15) is 0 Å². The number of anilines is 1. The summed E-state index contributed by atoms with van der Waals surface area (Å²) >= 11 is 0. The summed E-state index contributed by atoms with van der Waals surface area (Å²) in [6.07, 6.45) is 1.68. The Morgan fingerprint density at radius 3 is 2.57 bits per heavy atom. The molecule has 0 spiro atoms. The molecule has 0 bridgehead atoms. The minimum absolute atomic E-state index is 0.358. The third kappa shape index (κ3) is 1.83. The van der Waals surface area contributed by atoms with E-state index in [1.807, 2.05) is 42.5 Å². The highest BCUT2D eigenvalue weighted by molar-refractivity contribution is 6.22. The molecule has 5 nitrogen and oxygen atoms in total. The molecule has 23 heavy (non-hydrogen) atoms. The van der Waals surface area contributed by atoms with Gasteiger partial charge in [0.2, 0.25) is 5.60 Å². The van der Waals surface area contributed by atoms with Crippen molar-refractivity contribution in [1.29, 1.82) is 0 Å². The Labute approximate surface area is 132 Å². The molecule has 1 amide bonds. The van der Waals surface area contributed by atoms with E-state index in [2.05, 4.69) is 10.1 Å². The van der Waals surface area contributed by atoms with E-state index in [1.54, 1.807) is 25.3 Å². The summed E-state index contributed by atoms with van der Waals surface area (Å²) in [5, 5.41) is 17.5. The van der Waals surface area contributed by atoms with Crippen LogP contribution in [0.25, 0.3) is 10.9 Å². The van der Waals surface area contributed by atoms with Gasteiger partial charge >= 0.3 is 0 Å². The Morgan fingerprint density at radius 2 is 1.78 bits per heavy atom. The molecule has 2 heterocycles. The molecule has 0 radical (unpaired) electrons. The van der Waals surface area contributed by atoms with Crippen LogP contribution in [0.2, 0.25) is 0 Å². The lowest BCUT2D eigenvalue weighted by Gasteiger charge is -2.22. The van der Waals surface area contributed by atoms with Crippen LogP contribution in [0.4, 0.5) is 5.69 Å². The van der Waals surface area contributed by atoms with E-state index >= 15 is 0 Å². The molecule has 2 N–H and O–H groups in total. The Morgan fingerprint density at radius 1 is 1.09 bits per heavy atom. The molecule has 114 valence electrons. The molecule has 1 atom stereocenters. The maximum Gasteiger partial charge on any atom is 0.290 e. The van der Waals surface area contributed by atoms with Crippen molar-refractivity contribution in [1.82, 2.24) is 4.98 Å². The van der Waals surface area contributed by atoms with E-state index in [4.69, 9.17) is 0 Å². The second kappa shape index (κ2) is 4.79. The zero-order chi connectivity index (χ0) is 16.0. The van der Waals surface area contributed by atoms with Crippen molar-refractivity contribution in [2.24, 2.45) is 5.10 Å². The zero-order valence-corrected chi connectivity index (χ0v) is 12.5. The van der Waals surface area contributed by atoms with Crippen LogP contribution in [0.3, 0.4) is 0 Å². The zero-order valence-electron chi connectivity index (χ0n) is 12.5. The molecule has 3 aromatic rings. The molecule has 1 aliphatic heterocycles. The van der Waals surface area contributed by atoms with Crippen LogP contribution in [0.1, 0.15) is 12.5 Å². The first kappa shape index (κ1) is 13.7. The molecular formula is C18H15N3O2. The lowest BCUT2D eigenvalue weighted by molar-refractivity contribution is -0.129. The fraction of sp³-hybridized carbons (Fsp3) is 0.111. The lowest BCUT2D eigenvalue weighted by atomic mass is 9.89. The number of hydrogen-bond donors (Lipinski definition) is 2. The van der Waals surface area contributed by atoms with Gasteiger partial charge in [-0.3, -0.25) is 4.79 Å². The molecular weight excluding hydrogens is 290 g/mol. The number of carbonyl (C=O) groups is 1. The first-order valence-corrected chi connectivity index (χ1v) is 7.36. The second-order valence-electron chi connectivity index (χ2n) is 5.60. The van der Waals surface area contributed by atoms with Crippen molar-refractivity contribution in [2.75, 3.05) is 5.01 Å². The highest BCUT2D eigenvalue weighted by atomic mass is 16.3. The number of hydrazone groups is 1. The van der Waals surface area contributed by atoms with Crippen molar-refractivity contribution in [3.63, 3.8) is 0 Å². The quantitative estimate of drug-likeness (QED) is 0.764. The average molecular weight is 305 g/mol. The minimum Gasteiger partial charge on any atom is -0.371 e. The fourth-order valence-corrected chi connectivity index (χ4v) is 3.00. The first-order chi connectivity index (χ1) is 11.1. The first-order valence-electron chi connectivity index (χ1n) is 7.36. The third-order valence-corrected chi connectivity index (χ3v) is 4.26. The van der Waals surface area contributed by atoms with E-state index in [-0.39, 0.29) is 0 Å². The third-order valence-electron chi connectivity index (χ3n) is 4.26. The van der Waals surface area contributed by atoms with Crippen LogP contribution < -0.4 is 5.01 Å². The van der Waals surface area contributed by atoms with E-state index in [0.29, 0.717) is 17.0 Å². The van der Waals surface area contributed by atoms with Crippen LogP contribution >= 0.6 is 0 Å². The van der Waals surface area contributed by atoms with E-state index in [1.165, 1.54) is 5.01 Å². The van der Waals surface area contributed by atoms with Gasteiger partial charge in [-0.25, -0.2) is 0 Å². The number of amides is 1. The van der Waals surface area contributed by atoms with E-state index in [0.717, 1.165) is 10.9 Å². The predicted octanol–water partition coefficient (Wildman–Crippen LogP) is 2.78. The Hall–Kier alpha value is -2.92. The van der Waals surface area contributed by atoms with E-state index < -0.39 is 11.5 Å². The van der Waals surface area contributed by atoms with Gasteiger partial charge in [0.05, 0.1) is 11.4 Å². The summed E-state index contributed by atoms with van der Waals surface area (Å²) < 4.78 is 0. The van der Waals surface area contributed by atoms with Crippen LogP contribution in [-0.2, 0) is 10.4 Å². The van der Waals surface area contributed by atoms with Gasteiger partial charge in [0, 0.05) is 22.7 Å². The van der Waals surface area contributed by atoms with Gasteiger partial charge < -0.3 is 10.1 Å². The number of nitrogens with zero attached hydrogens (tertiary/aromatic N) is 2. The normalized spacial score (nSPS) is 21.0. The number of fused-ring (bicyclic) bond motifs is 1. The van der Waals surface area contributed by atoms with Crippen LogP contribution in [0.15, 0.2) is 65.9 Å². The average Bonchev–Trinajstić information content (AvgIpc) is 3.11. The summed E-state index contributed by atoms with van der Waals surface area (Å²) in [6, 6.07) is 16.7. The standard InChI is InChI=1S/C18H15N3O2/c1-12-18(23,15-11-19-16-10-6-5-9-14(15)16)17(22)21(20-12)13-7-3-2-4-8-13/h2-11,19,23H,1H3/t18-/m1/s1. The summed E-state index contributed by atoms with van der Waals surface area (Å²) in [4.78, 5) is 16.0. The van der Waals surface area contributed by atoms with Crippen molar-refractivity contribution in [3.05, 3.63) is 66.4 Å². The number of aliphatic hydroxyl groups is 1. The van der Waals surface area contributed by atoms with Crippen LogP contribution in [-0.4, -0.2) is 21.7 Å². The molecule has 4 rings (SSSR count). The molecule has 2 aromatic carbocycles. The molecule has 0 saturated carbocycles. The van der Waals surface area contributed by atoms with Crippen LogP contribution in [0.5, 0.6) is 0 Å². The lowest BCUT2D eigenvalue weighted by Crippen LogP contribution is -2.43. The van der Waals surface area contributed by atoms with Gasteiger partial charge in [-0.05, 0) is 25.1 Å². The number of nitrogens with one attached hydrogen (secondary N) is 1. The van der Waals surface area contributed by atoms with Crippen molar-refractivity contribution >= 4 is 28.2 Å². The maximum absolute atomic E-state index is 12.9. The maximum atomic E-state index is 12.9. The van der Waals surface area contributed by atoms with Gasteiger partial charge in [-0.2, -0.15) is 10.1 Å². The summed E-state index contributed by atoms with van der Waals surface area (Å²) in [6.45, 7) is 1.67. The minimum atomic E-state index is -1.75. The smallest absolute Gasteiger partial charge is 0.290 e. The summed E-state index contributed by atoms with van der Waals surface area (Å²) in [5.41, 5.74) is 0.631. The number of aromatic amines is 1. The van der Waals surface area contributed by atoms with Gasteiger partial charge in [0.25, 0.3) is 5.91 Å². The number of para-hydroxylation sites is 2. The predicted molar refractivity (Wildman–Crippen MR) is 89.2 cm³/mol. The molecule has 1 aromatic heterocycles. The molecule has 5 heteroatoms. The Kier molecular flexibility index (Phi) is 2.86. The number of aromatic nitrogens is 1. The van der Waals surface area contributed by atoms with Gasteiger partial charge in [-0.15, -0.1) is 0 Å². The molecule has 0 saturated heterocycles.